The third kappa shape index (κ3) is 5.54. The lowest BCUT2D eigenvalue weighted by atomic mass is 10.2. The van der Waals surface area contributed by atoms with Gasteiger partial charge in [0.15, 0.2) is 0 Å². The van der Waals surface area contributed by atoms with Crippen molar-refractivity contribution in [2.24, 2.45) is 0 Å². The summed E-state index contributed by atoms with van der Waals surface area (Å²) >= 11 is 0. The standard InChI is InChI=1S/C15H20N2O2/c1-3-4-5-9-19-12(2)15(18)17-14-8-6-7-13(10-14)11-16/h6-8,10,12H,3-5,9H2,1-2H3,(H,17,18). The zero-order valence-electron chi connectivity index (χ0n) is 11.5. The lowest BCUT2D eigenvalue weighted by Gasteiger charge is -2.13. The monoisotopic (exact) mass is 260 g/mol. The van der Waals surface area contributed by atoms with Gasteiger partial charge in [0.25, 0.3) is 5.91 Å². The number of nitrogens with one attached hydrogen (secondary N) is 1. The van der Waals surface area contributed by atoms with Crippen molar-refractivity contribution >= 4 is 11.6 Å². The molecule has 19 heavy (non-hydrogen) atoms. The molecule has 0 fully saturated rings. The Kier molecular flexibility index (Phi) is 6.62. The lowest BCUT2D eigenvalue weighted by molar-refractivity contribution is -0.126. The number of benzene rings is 1. The van der Waals surface area contributed by atoms with Crippen LogP contribution in [0.3, 0.4) is 0 Å². The van der Waals surface area contributed by atoms with E-state index in [2.05, 4.69) is 12.2 Å². The molecule has 1 unspecified atom stereocenters. The Labute approximate surface area is 114 Å². The van der Waals surface area contributed by atoms with E-state index < -0.39 is 6.10 Å². The van der Waals surface area contributed by atoms with Crippen molar-refractivity contribution in [2.45, 2.75) is 39.2 Å². The molecule has 1 amide bonds. The highest BCUT2D eigenvalue weighted by atomic mass is 16.5. The summed E-state index contributed by atoms with van der Waals surface area (Å²) in [6, 6.07) is 8.86. The molecule has 0 aliphatic heterocycles. The van der Waals surface area contributed by atoms with Gasteiger partial charge in [-0.2, -0.15) is 5.26 Å². The van der Waals surface area contributed by atoms with Crippen LogP contribution in [0, 0.1) is 11.3 Å². The number of nitrogens with zero attached hydrogens (tertiary/aromatic N) is 1. The first-order valence-electron chi connectivity index (χ1n) is 6.60. The molecule has 1 rings (SSSR count). The van der Waals surface area contributed by atoms with Crippen LogP contribution >= 0.6 is 0 Å². The third-order valence-corrected chi connectivity index (χ3v) is 2.74. The first kappa shape index (κ1) is 15.2. The van der Waals surface area contributed by atoms with Crippen molar-refractivity contribution in [1.82, 2.24) is 0 Å². The SMILES string of the molecule is CCCCCOC(C)C(=O)Nc1cccc(C#N)c1. The minimum atomic E-state index is -0.484. The summed E-state index contributed by atoms with van der Waals surface area (Å²) in [6.45, 7) is 4.45. The normalized spacial score (nSPS) is 11.6. The quantitative estimate of drug-likeness (QED) is 0.766. The number of hydrogen-bond acceptors (Lipinski definition) is 3. The van der Waals surface area contributed by atoms with Crippen LogP contribution in [-0.2, 0) is 9.53 Å². The van der Waals surface area contributed by atoms with Gasteiger partial charge >= 0.3 is 0 Å². The molecule has 1 atom stereocenters. The minimum Gasteiger partial charge on any atom is -0.369 e. The van der Waals surface area contributed by atoms with Crippen molar-refractivity contribution in [2.75, 3.05) is 11.9 Å². The van der Waals surface area contributed by atoms with Gasteiger partial charge in [-0.25, -0.2) is 0 Å². The Hall–Kier alpha value is -1.86. The van der Waals surface area contributed by atoms with E-state index in [9.17, 15) is 4.79 Å². The molecule has 1 N–H and O–H groups in total. The zero-order chi connectivity index (χ0) is 14.1. The predicted octanol–water partition coefficient (Wildman–Crippen LogP) is 3.09. The van der Waals surface area contributed by atoms with Crippen molar-refractivity contribution < 1.29 is 9.53 Å². The van der Waals surface area contributed by atoms with Crippen molar-refractivity contribution in [1.29, 1.82) is 5.26 Å². The molecule has 0 spiro atoms. The number of rotatable bonds is 7. The Morgan fingerprint density at radius 3 is 2.95 bits per heavy atom. The molecule has 0 aliphatic rings. The Morgan fingerprint density at radius 2 is 2.26 bits per heavy atom. The van der Waals surface area contributed by atoms with E-state index in [0.29, 0.717) is 17.9 Å². The van der Waals surface area contributed by atoms with Gasteiger partial charge in [0.05, 0.1) is 11.6 Å². The van der Waals surface area contributed by atoms with Gasteiger partial charge in [-0.05, 0) is 31.5 Å². The molecule has 0 saturated heterocycles. The molecule has 102 valence electrons. The Balaban J connectivity index is 2.43. The van der Waals surface area contributed by atoms with E-state index in [4.69, 9.17) is 10.00 Å². The van der Waals surface area contributed by atoms with Gasteiger partial charge in [0.2, 0.25) is 0 Å². The number of hydrogen-bond donors (Lipinski definition) is 1. The van der Waals surface area contributed by atoms with E-state index in [0.717, 1.165) is 19.3 Å². The van der Waals surface area contributed by atoms with Crippen LogP contribution in [0.4, 0.5) is 5.69 Å². The highest BCUT2D eigenvalue weighted by Gasteiger charge is 2.13. The first-order valence-corrected chi connectivity index (χ1v) is 6.60. The fraction of sp³-hybridized carbons (Fsp3) is 0.467. The highest BCUT2D eigenvalue weighted by molar-refractivity contribution is 5.94. The molecule has 4 heteroatoms. The molecule has 0 aromatic heterocycles. The second kappa shape index (κ2) is 8.28. The minimum absolute atomic E-state index is 0.188. The third-order valence-electron chi connectivity index (χ3n) is 2.74. The lowest BCUT2D eigenvalue weighted by Crippen LogP contribution is -2.28. The number of carbonyl (C=O) groups is 1. The Morgan fingerprint density at radius 1 is 1.47 bits per heavy atom. The molecule has 0 aliphatic carbocycles. The van der Waals surface area contributed by atoms with Gasteiger partial charge in [-0.1, -0.05) is 25.8 Å². The number of anilines is 1. The fourth-order valence-electron chi connectivity index (χ4n) is 1.60. The van der Waals surface area contributed by atoms with E-state index in [1.807, 2.05) is 6.07 Å². The molecule has 0 saturated carbocycles. The first-order chi connectivity index (χ1) is 9.17. The van der Waals surface area contributed by atoms with E-state index in [-0.39, 0.29) is 5.91 Å². The van der Waals surface area contributed by atoms with Gasteiger partial charge in [-0.3, -0.25) is 4.79 Å². The summed E-state index contributed by atoms with van der Waals surface area (Å²) in [5, 5.41) is 11.5. The van der Waals surface area contributed by atoms with Crippen LogP contribution in [0.1, 0.15) is 38.7 Å². The van der Waals surface area contributed by atoms with Crippen molar-refractivity contribution in [3.05, 3.63) is 29.8 Å². The van der Waals surface area contributed by atoms with E-state index in [1.165, 1.54) is 0 Å². The van der Waals surface area contributed by atoms with Gasteiger partial charge < -0.3 is 10.1 Å². The molecular formula is C15H20N2O2. The summed E-state index contributed by atoms with van der Waals surface area (Å²) in [5.41, 5.74) is 1.14. The number of carbonyl (C=O) groups excluding carboxylic acids is 1. The predicted molar refractivity (Wildman–Crippen MR) is 74.7 cm³/mol. The molecule has 1 aromatic rings. The fourth-order valence-corrected chi connectivity index (χ4v) is 1.60. The molecule has 0 bridgehead atoms. The summed E-state index contributed by atoms with van der Waals surface area (Å²) in [5.74, 6) is -0.188. The largest absolute Gasteiger partial charge is 0.369 e. The molecule has 0 radical (unpaired) electrons. The second-order valence-electron chi connectivity index (χ2n) is 4.40. The maximum absolute atomic E-state index is 11.9. The van der Waals surface area contributed by atoms with Crippen molar-refractivity contribution in [3.63, 3.8) is 0 Å². The van der Waals surface area contributed by atoms with Gasteiger partial charge in [-0.15, -0.1) is 0 Å². The van der Waals surface area contributed by atoms with Gasteiger partial charge in [0, 0.05) is 12.3 Å². The highest BCUT2D eigenvalue weighted by Crippen LogP contribution is 2.10. The molecular weight excluding hydrogens is 240 g/mol. The molecule has 4 nitrogen and oxygen atoms in total. The maximum atomic E-state index is 11.9. The van der Waals surface area contributed by atoms with Crippen molar-refractivity contribution in [3.8, 4) is 6.07 Å². The van der Waals surface area contributed by atoms with Crippen LogP contribution in [0.2, 0.25) is 0 Å². The van der Waals surface area contributed by atoms with Crippen LogP contribution in [0.5, 0.6) is 0 Å². The maximum Gasteiger partial charge on any atom is 0.253 e. The zero-order valence-corrected chi connectivity index (χ0v) is 11.5. The summed E-state index contributed by atoms with van der Waals surface area (Å²) in [7, 11) is 0. The van der Waals surface area contributed by atoms with Crippen LogP contribution < -0.4 is 5.32 Å². The molecule has 1 aromatic carbocycles. The summed E-state index contributed by atoms with van der Waals surface area (Å²) in [6.07, 6.45) is 2.73. The van der Waals surface area contributed by atoms with Crippen LogP contribution in [-0.4, -0.2) is 18.6 Å². The average molecular weight is 260 g/mol. The summed E-state index contributed by atoms with van der Waals surface area (Å²) < 4.78 is 5.46. The number of unbranched alkanes of at least 4 members (excludes halogenated alkanes) is 2. The van der Waals surface area contributed by atoms with E-state index >= 15 is 0 Å². The van der Waals surface area contributed by atoms with E-state index in [1.54, 1.807) is 31.2 Å². The Bertz CT molecular complexity index is 452. The number of nitriles is 1. The van der Waals surface area contributed by atoms with Crippen LogP contribution in [0.15, 0.2) is 24.3 Å². The number of ether oxygens (including phenoxy) is 1. The summed E-state index contributed by atoms with van der Waals surface area (Å²) in [4.78, 5) is 11.9. The van der Waals surface area contributed by atoms with Crippen LogP contribution in [0.25, 0.3) is 0 Å². The smallest absolute Gasteiger partial charge is 0.253 e. The number of amides is 1. The second-order valence-corrected chi connectivity index (χ2v) is 4.40. The molecule has 0 heterocycles. The average Bonchev–Trinajstić information content (AvgIpc) is 2.43. The van der Waals surface area contributed by atoms with Gasteiger partial charge in [0.1, 0.15) is 6.10 Å². The topological polar surface area (TPSA) is 62.1 Å².